The number of aromatic nitrogens is 4. The second kappa shape index (κ2) is 10.3. The molecular formula is C23H26N5O8P. The number of hydrogen-bond donors (Lipinski definition) is 5. The van der Waals surface area contributed by atoms with E-state index in [1.807, 2.05) is 24.3 Å². The van der Waals surface area contributed by atoms with Gasteiger partial charge in [-0.25, -0.2) is 14.6 Å². The number of aromatic amines is 1. The van der Waals surface area contributed by atoms with Crippen molar-refractivity contribution < 1.29 is 38.5 Å². The van der Waals surface area contributed by atoms with Gasteiger partial charge in [0.1, 0.15) is 29.9 Å². The van der Waals surface area contributed by atoms with Crippen molar-refractivity contribution in [3.63, 3.8) is 0 Å². The number of rotatable bonds is 9. The van der Waals surface area contributed by atoms with Crippen LogP contribution in [0.2, 0.25) is 0 Å². The molecule has 4 heterocycles. The Bertz CT molecular complexity index is 1460. The van der Waals surface area contributed by atoms with Crippen LogP contribution in [-0.2, 0) is 29.8 Å². The van der Waals surface area contributed by atoms with E-state index in [1.54, 1.807) is 24.7 Å². The van der Waals surface area contributed by atoms with E-state index in [9.17, 15) is 24.5 Å². The number of esters is 1. The number of methoxy groups -OCH3 is 1. The van der Waals surface area contributed by atoms with Crippen LogP contribution < -0.4 is 5.09 Å². The number of aliphatic hydroxyl groups excluding tert-OH is 2. The monoisotopic (exact) mass is 531 g/mol. The van der Waals surface area contributed by atoms with E-state index >= 15 is 0 Å². The minimum Gasteiger partial charge on any atom is -0.468 e. The number of para-hydroxylation sites is 1. The topological polar surface area (TPSA) is 181 Å². The van der Waals surface area contributed by atoms with Gasteiger partial charge in [0, 0.05) is 29.7 Å². The van der Waals surface area contributed by atoms with E-state index in [1.165, 1.54) is 18.0 Å². The molecule has 196 valence electrons. The highest BCUT2D eigenvalue weighted by atomic mass is 31.2. The number of fused-ring (bicyclic) bond motifs is 2. The SMILES string of the molecule is COC(=O)[C@H](Cc1c[nH]c2ccccc12)NP(=O)(O)OC[C@H]1O[C@@H](n2cnc3cnccc32)[C@H](O)[C@@H]1O. The maximum Gasteiger partial charge on any atom is 0.403 e. The molecule has 0 amide bonds. The third-order valence-corrected chi connectivity index (χ3v) is 7.44. The minimum absolute atomic E-state index is 0.0521. The van der Waals surface area contributed by atoms with Crippen LogP contribution in [0.25, 0.3) is 21.9 Å². The van der Waals surface area contributed by atoms with Crippen molar-refractivity contribution in [1.29, 1.82) is 0 Å². The molecule has 5 rings (SSSR count). The summed E-state index contributed by atoms with van der Waals surface area (Å²) < 4.78 is 30.1. The first kappa shape index (κ1) is 25.5. The standard InChI is InChI=1S/C23H26N5O8P/c1-34-23(31)16(8-13-9-25-15-5-3-2-4-14(13)15)27-37(32,33)35-11-19-20(29)21(30)22(36-19)28-12-26-17-10-24-7-6-18(17)28/h2-7,9-10,12,16,19-22,25,29-30H,8,11H2,1H3,(H2,27,32,33)/t16-,19+,20+,21+,22+/m0/s1. The van der Waals surface area contributed by atoms with Crippen molar-refractivity contribution in [2.24, 2.45) is 0 Å². The molecule has 6 atom stereocenters. The molecule has 1 aliphatic rings. The van der Waals surface area contributed by atoms with Crippen molar-refractivity contribution in [1.82, 2.24) is 24.6 Å². The van der Waals surface area contributed by atoms with Crippen molar-refractivity contribution >= 4 is 35.7 Å². The van der Waals surface area contributed by atoms with E-state index in [4.69, 9.17) is 14.0 Å². The molecule has 1 fully saturated rings. The van der Waals surface area contributed by atoms with Gasteiger partial charge < -0.3 is 34.1 Å². The summed E-state index contributed by atoms with van der Waals surface area (Å²) in [6.45, 7) is -0.537. The summed E-state index contributed by atoms with van der Waals surface area (Å²) in [6, 6.07) is 7.93. The summed E-state index contributed by atoms with van der Waals surface area (Å²) in [7, 11) is -3.40. The number of H-pyrrole nitrogens is 1. The van der Waals surface area contributed by atoms with Gasteiger partial charge in [-0.05, 0) is 17.7 Å². The summed E-state index contributed by atoms with van der Waals surface area (Å²) >= 11 is 0. The zero-order valence-electron chi connectivity index (χ0n) is 19.7. The van der Waals surface area contributed by atoms with Gasteiger partial charge in [0.15, 0.2) is 6.23 Å². The van der Waals surface area contributed by atoms with Gasteiger partial charge in [-0.15, -0.1) is 0 Å². The summed E-state index contributed by atoms with van der Waals surface area (Å²) in [4.78, 5) is 34.1. The second-order valence-electron chi connectivity index (χ2n) is 8.65. The first-order valence-electron chi connectivity index (χ1n) is 11.4. The Hall–Kier alpha value is -3.16. The van der Waals surface area contributed by atoms with Gasteiger partial charge in [0.2, 0.25) is 0 Å². The second-order valence-corrected chi connectivity index (χ2v) is 10.2. The van der Waals surface area contributed by atoms with E-state index in [0.717, 1.165) is 16.5 Å². The molecule has 37 heavy (non-hydrogen) atoms. The van der Waals surface area contributed by atoms with Gasteiger partial charge in [-0.3, -0.25) is 14.3 Å². The van der Waals surface area contributed by atoms with E-state index in [-0.39, 0.29) is 6.42 Å². The average molecular weight is 531 g/mol. The number of nitrogens with zero attached hydrogens (tertiary/aromatic N) is 3. The predicted octanol–water partition coefficient (Wildman–Crippen LogP) is 1.02. The number of ether oxygens (including phenoxy) is 2. The van der Waals surface area contributed by atoms with E-state index in [2.05, 4.69) is 20.0 Å². The maximum absolute atomic E-state index is 12.9. The van der Waals surface area contributed by atoms with E-state index in [0.29, 0.717) is 11.0 Å². The molecular weight excluding hydrogens is 505 g/mol. The third-order valence-electron chi connectivity index (χ3n) is 6.31. The fourth-order valence-electron chi connectivity index (χ4n) is 4.44. The molecule has 3 aromatic heterocycles. The van der Waals surface area contributed by atoms with E-state index < -0.39 is 50.9 Å². The van der Waals surface area contributed by atoms with Crippen LogP contribution in [0.4, 0.5) is 0 Å². The van der Waals surface area contributed by atoms with Crippen molar-refractivity contribution in [3.05, 3.63) is 60.8 Å². The van der Waals surface area contributed by atoms with Gasteiger partial charge in [0.05, 0.1) is 31.8 Å². The molecule has 1 saturated heterocycles. The number of imidazole rings is 1. The highest BCUT2D eigenvalue weighted by Crippen LogP contribution is 2.40. The number of pyridine rings is 1. The largest absolute Gasteiger partial charge is 0.468 e. The minimum atomic E-state index is -4.57. The summed E-state index contributed by atoms with van der Waals surface area (Å²) in [5.74, 6) is -0.753. The van der Waals surface area contributed by atoms with Gasteiger partial charge in [-0.1, -0.05) is 18.2 Å². The van der Waals surface area contributed by atoms with Crippen molar-refractivity contribution in [3.8, 4) is 0 Å². The Morgan fingerprint density at radius 3 is 2.92 bits per heavy atom. The number of nitrogens with one attached hydrogen (secondary N) is 2. The van der Waals surface area contributed by atoms with Crippen LogP contribution in [0.15, 0.2) is 55.2 Å². The normalized spacial score (nSPS) is 24.3. The molecule has 1 aromatic carbocycles. The predicted molar refractivity (Wildman–Crippen MR) is 130 cm³/mol. The quantitative estimate of drug-likeness (QED) is 0.154. The first-order chi connectivity index (χ1) is 17.8. The summed E-state index contributed by atoms with van der Waals surface area (Å²) in [6.07, 6.45) is 1.41. The Morgan fingerprint density at radius 1 is 1.30 bits per heavy atom. The molecule has 0 radical (unpaired) electrons. The summed E-state index contributed by atoms with van der Waals surface area (Å²) in [5.41, 5.74) is 2.79. The van der Waals surface area contributed by atoms with Crippen LogP contribution in [-0.4, -0.2) is 78.7 Å². The molecule has 1 unspecified atom stereocenters. The molecule has 0 spiro atoms. The Labute approximate surface area is 210 Å². The zero-order valence-corrected chi connectivity index (χ0v) is 20.6. The smallest absolute Gasteiger partial charge is 0.403 e. The molecule has 13 nitrogen and oxygen atoms in total. The lowest BCUT2D eigenvalue weighted by Crippen LogP contribution is -2.39. The Kier molecular flexibility index (Phi) is 7.10. The maximum atomic E-state index is 12.9. The first-order valence-corrected chi connectivity index (χ1v) is 13.0. The van der Waals surface area contributed by atoms with Crippen LogP contribution in [0.5, 0.6) is 0 Å². The van der Waals surface area contributed by atoms with Crippen LogP contribution in [0, 0.1) is 0 Å². The molecule has 1 aliphatic heterocycles. The number of hydrogen-bond acceptors (Lipinski definition) is 9. The lowest BCUT2D eigenvalue weighted by atomic mass is 10.1. The fourth-order valence-corrected chi connectivity index (χ4v) is 5.45. The van der Waals surface area contributed by atoms with Gasteiger partial charge >= 0.3 is 13.7 Å². The Balaban J connectivity index is 1.26. The van der Waals surface area contributed by atoms with Crippen LogP contribution in [0.1, 0.15) is 11.8 Å². The van der Waals surface area contributed by atoms with Crippen LogP contribution in [0.3, 0.4) is 0 Å². The zero-order chi connectivity index (χ0) is 26.2. The molecule has 14 heteroatoms. The fraction of sp³-hybridized carbons (Fsp3) is 0.348. The van der Waals surface area contributed by atoms with Crippen molar-refractivity contribution in [2.45, 2.75) is 37.0 Å². The van der Waals surface area contributed by atoms with Gasteiger partial charge in [-0.2, -0.15) is 0 Å². The molecule has 5 N–H and O–H groups in total. The lowest BCUT2D eigenvalue weighted by molar-refractivity contribution is -0.142. The number of benzene rings is 1. The molecule has 0 bridgehead atoms. The van der Waals surface area contributed by atoms with Gasteiger partial charge in [0.25, 0.3) is 0 Å². The number of carbonyl (C=O) groups is 1. The Morgan fingerprint density at radius 2 is 2.11 bits per heavy atom. The molecule has 0 saturated carbocycles. The number of carbonyl (C=O) groups excluding carboxylic acids is 1. The molecule has 0 aliphatic carbocycles. The number of aliphatic hydroxyl groups is 2. The molecule has 4 aromatic rings. The lowest BCUT2D eigenvalue weighted by Gasteiger charge is -2.22. The third kappa shape index (κ3) is 5.15. The van der Waals surface area contributed by atoms with Crippen LogP contribution >= 0.6 is 7.75 Å². The summed E-state index contributed by atoms with van der Waals surface area (Å²) in [5, 5.41) is 24.3. The highest BCUT2D eigenvalue weighted by Gasteiger charge is 2.45. The highest BCUT2D eigenvalue weighted by molar-refractivity contribution is 7.50. The van der Waals surface area contributed by atoms with Crippen molar-refractivity contribution in [2.75, 3.05) is 13.7 Å². The average Bonchev–Trinajstić information content (AvgIpc) is 3.58.